The Morgan fingerprint density at radius 2 is 1.79 bits per heavy atom. The van der Waals surface area contributed by atoms with Crippen LogP contribution in [-0.2, 0) is 0 Å². The third-order valence-corrected chi connectivity index (χ3v) is 3.27. The number of hydrogen-bond acceptors (Lipinski definition) is 5. The van der Waals surface area contributed by atoms with Gasteiger partial charge in [0, 0.05) is 17.7 Å². The molecule has 1 heterocycles. The number of nitrogens with zero attached hydrogens (tertiary/aromatic N) is 1. The van der Waals surface area contributed by atoms with Gasteiger partial charge in [0.15, 0.2) is 5.76 Å². The molecule has 2 aromatic carbocycles. The van der Waals surface area contributed by atoms with E-state index in [9.17, 15) is 14.9 Å². The number of hydrogen-bond donors (Lipinski definition) is 2. The molecular weight excluding hydrogens is 310 g/mol. The van der Waals surface area contributed by atoms with Crippen LogP contribution in [0.4, 0.5) is 11.4 Å². The maximum absolute atomic E-state index is 12.1. The summed E-state index contributed by atoms with van der Waals surface area (Å²) in [7, 11) is 0. The Morgan fingerprint density at radius 1 is 1.00 bits per heavy atom. The van der Waals surface area contributed by atoms with Crippen molar-refractivity contribution in [2.24, 2.45) is 0 Å². The fraction of sp³-hybridized carbons (Fsp3) is 0. The molecule has 3 rings (SSSR count). The predicted molar refractivity (Wildman–Crippen MR) is 88.3 cm³/mol. The number of non-ortho nitro benzene ring substituents is 1. The molecule has 0 radical (unpaired) electrons. The summed E-state index contributed by atoms with van der Waals surface area (Å²) in [6.07, 6.45) is 0. The Kier molecular flexibility index (Phi) is 4.24. The van der Waals surface area contributed by atoms with E-state index in [0.29, 0.717) is 11.3 Å². The van der Waals surface area contributed by atoms with Crippen LogP contribution >= 0.6 is 0 Å². The molecule has 0 spiro atoms. The fourth-order valence-electron chi connectivity index (χ4n) is 2.10. The monoisotopic (exact) mass is 323 g/mol. The lowest BCUT2D eigenvalue weighted by Crippen LogP contribution is -2.28. The van der Waals surface area contributed by atoms with Gasteiger partial charge in [-0.2, -0.15) is 0 Å². The number of anilines is 1. The summed E-state index contributed by atoms with van der Waals surface area (Å²) in [6.45, 7) is 0. The van der Waals surface area contributed by atoms with Crippen LogP contribution in [0.3, 0.4) is 0 Å². The Hall–Kier alpha value is -3.61. The van der Waals surface area contributed by atoms with Crippen molar-refractivity contribution in [2.75, 3.05) is 5.43 Å². The molecule has 0 aliphatic heterocycles. The van der Waals surface area contributed by atoms with E-state index in [2.05, 4.69) is 10.9 Å². The molecule has 0 aliphatic carbocycles. The highest BCUT2D eigenvalue weighted by Crippen LogP contribution is 2.25. The maximum atomic E-state index is 12.1. The average molecular weight is 323 g/mol. The minimum Gasteiger partial charge on any atom is -0.451 e. The van der Waals surface area contributed by atoms with Crippen LogP contribution in [0.25, 0.3) is 11.3 Å². The number of carbonyl (C=O) groups is 1. The van der Waals surface area contributed by atoms with Gasteiger partial charge in [0.2, 0.25) is 0 Å². The number of hydrazine groups is 1. The van der Waals surface area contributed by atoms with Gasteiger partial charge in [-0.1, -0.05) is 30.3 Å². The number of benzene rings is 2. The van der Waals surface area contributed by atoms with E-state index in [4.69, 9.17) is 4.42 Å². The average Bonchev–Trinajstić information content (AvgIpc) is 3.11. The van der Waals surface area contributed by atoms with Gasteiger partial charge >= 0.3 is 5.91 Å². The van der Waals surface area contributed by atoms with E-state index >= 15 is 0 Å². The molecule has 120 valence electrons. The molecule has 0 unspecified atom stereocenters. The molecule has 0 saturated carbocycles. The first kappa shape index (κ1) is 15.3. The van der Waals surface area contributed by atoms with E-state index in [0.717, 1.165) is 5.69 Å². The smallest absolute Gasteiger partial charge is 0.305 e. The van der Waals surface area contributed by atoms with Gasteiger partial charge in [-0.05, 0) is 24.3 Å². The quantitative estimate of drug-likeness (QED) is 0.552. The van der Waals surface area contributed by atoms with Crippen molar-refractivity contribution >= 4 is 17.3 Å². The predicted octanol–water partition coefficient (Wildman–Crippen LogP) is 3.61. The molecule has 1 aromatic heterocycles. The number of para-hydroxylation sites is 1. The third-order valence-electron chi connectivity index (χ3n) is 3.27. The molecule has 2 N–H and O–H groups in total. The van der Waals surface area contributed by atoms with Crippen LogP contribution < -0.4 is 10.9 Å². The first-order chi connectivity index (χ1) is 11.6. The zero-order chi connectivity index (χ0) is 16.9. The lowest BCUT2D eigenvalue weighted by atomic mass is 10.1. The first-order valence-corrected chi connectivity index (χ1v) is 7.09. The van der Waals surface area contributed by atoms with E-state index in [1.165, 1.54) is 18.2 Å². The number of furan rings is 1. The molecule has 0 aliphatic rings. The highest BCUT2D eigenvalue weighted by atomic mass is 16.6. The van der Waals surface area contributed by atoms with Gasteiger partial charge in [-0.25, -0.2) is 0 Å². The van der Waals surface area contributed by atoms with Gasteiger partial charge < -0.3 is 4.42 Å². The first-order valence-electron chi connectivity index (χ1n) is 7.09. The number of carbonyl (C=O) groups excluding carboxylic acids is 1. The Bertz CT molecular complexity index is 874. The van der Waals surface area contributed by atoms with Crippen LogP contribution in [0.15, 0.2) is 71.1 Å². The highest BCUT2D eigenvalue weighted by Gasteiger charge is 2.14. The van der Waals surface area contributed by atoms with Crippen LogP contribution in [0.1, 0.15) is 10.6 Å². The molecule has 3 aromatic rings. The van der Waals surface area contributed by atoms with E-state index in [1.807, 2.05) is 18.2 Å². The number of nitro benzene ring substituents is 1. The van der Waals surface area contributed by atoms with Crippen LogP contribution in [-0.4, -0.2) is 10.8 Å². The number of nitrogens with one attached hydrogen (secondary N) is 2. The topological polar surface area (TPSA) is 97.4 Å². The van der Waals surface area contributed by atoms with E-state index < -0.39 is 10.8 Å². The molecule has 24 heavy (non-hydrogen) atoms. The Balaban J connectivity index is 1.72. The summed E-state index contributed by atoms with van der Waals surface area (Å²) in [5.41, 5.74) is 6.50. The number of nitro groups is 1. The SMILES string of the molecule is O=C(NNc1ccccc1)c1ccc(-c2cccc([N+](=O)[O-])c2)o1. The highest BCUT2D eigenvalue weighted by molar-refractivity contribution is 5.92. The molecule has 0 fully saturated rings. The Labute approximate surface area is 137 Å². The second-order valence-corrected chi connectivity index (χ2v) is 4.92. The molecule has 7 nitrogen and oxygen atoms in total. The summed E-state index contributed by atoms with van der Waals surface area (Å²) in [5.74, 6) is 0.0269. The normalized spacial score (nSPS) is 10.2. The molecule has 1 amide bonds. The van der Waals surface area contributed by atoms with Gasteiger partial charge in [0.05, 0.1) is 10.6 Å². The lowest BCUT2D eigenvalue weighted by Gasteiger charge is -2.06. The second kappa shape index (κ2) is 6.66. The van der Waals surface area contributed by atoms with Crippen molar-refractivity contribution in [2.45, 2.75) is 0 Å². The minimum atomic E-state index is -0.482. The zero-order valence-electron chi connectivity index (χ0n) is 12.4. The van der Waals surface area contributed by atoms with Crippen molar-refractivity contribution in [3.05, 3.63) is 82.6 Å². The van der Waals surface area contributed by atoms with E-state index in [1.54, 1.807) is 30.3 Å². The minimum absolute atomic E-state index is 0.0411. The van der Waals surface area contributed by atoms with Crippen LogP contribution in [0.2, 0.25) is 0 Å². The molecule has 0 saturated heterocycles. The largest absolute Gasteiger partial charge is 0.451 e. The Morgan fingerprint density at radius 3 is 2.54 bits per heavy atom. The van der Waals surface area contributed by atoms with Crippen molar-refractivity contribution < 1.29 is 14.1 Å². The summed E-state index contributed by atoms with van der Waals surface area (Å²) < 4.78 is 5.48. The number of rotatable bonds is 5. The summed E-state index contributed by atoms with van der Waals surface area (Å²) >= 11 is 0. The van der Waals surface area contributed by atoms with Crippen molar-refractivity contribution in [1.82, 2.24) is 5.43 Å². The van der Waals surface area contributed by atoms with Gasteiger partial charge in [-0.3, -0.25) is 25.8 Å². The molecule has 0 atom stereocenters. The van der Waals surface area contributed by atoms with Gasteiger partial charge in [0.25, 0.3) is 5.69 Å². The maximum Gasteiger partial charge on any atom is 0.305 e. The summed E-state index contributed by atoms with van der Waals surface area (Å²) in [5, 5.41) is 10.8. The van der Waals surface area contributed by atoms with Crippen molar-refractivity contribution in [1.29, 1.82) is 0 Å². The van der Waals surface area contributed by atoms with Gasteiger partial charge in [0.1, 0.15) is 5.76 Å². The summed E-state index contributed by atoms with van der Waals surface area (Å²) in [6, 6.07) is 18.3. The lowest BCUT2D eigenvalue weighted by molar-refractivity contribution is -0.384. The van der Waals surface area contributed by atoms with Crippen molar-refractivity contribution in [3.63, 3.8) is 0 Å². The van der Waals surface area contributed by atoms with Crippen LogP contribution in [0, 0.1) is 10.1 Å². The molecule has 7 heteroatoms. The van der Waals surface area contributed by atoms with Crippen molar-refractivity contribution in [3.8, 4) is 11.3 Å². The fourth-order valence-corrected chi connectivity index (χ4v) is 2.10. The zero-order valence-corrected chi connectivity index (χ0v) is 12.4. The number of amides is 1. The van der Waals surface area contributed by atoms with E-state index in [-0.39, 0.29) is 11.4 Å². The molecular formula is C17H13N3O4. The second-order valence-electron chi connectivity index (χ2n) is 4.92. The third kappa shape index (κ3) is 3.41. The van der Waals surface area contributed by atoms with Gasteiger partial charge in [-0.15, -0.1) is 0 Å². The standard InChI is InChI=1S/C17H13N3O4/c21-17(19-18-13-6-2-1-3-7-13)16-10-9-15(24-16)12-5-4-8-14(11-12)20(22)23/h1-11,18H,(H,19,21). The van der Waals surface area contributed by atoms with Crippen LogP contribution in [0.5, 0.6) is 0 Å². The summed E-state index contributed by atoms with van der Waals surface area (Å²) in [4.78, 5) is 22.4. The molecule has 0 bridgehead atoms.